The fraction of sp³-hybridized carbons (Fsp3) is 0.400. The largest absolute Gasteiger partial charge is 0.407 e. The molecule has 0 radical (unpaired) electrons. The summed E-state index contributed by atoms with van der Waals surface area (Å²) in [5.41, 5.74) is 1.13. The second-order valence-electron chi connectivity index (χ2n) is 11.3. The molecule has 5 heteroatoms. The van der Waals surface area contributed by atoms with Crippen LogP contribution in [0, 0.1) is 5.92 Å². The number of rotatable bonds is 9. The summed E-state index contributed by atoms with van der Waals surface area (Å²) in [5.74, 6) is 0.102. The lowest BCUT2D eigenvalue weighted by atomic mass is 9.96. The van der Waals surface area contributed by atoms with Crippen LogP contribution in [0.15, 0.2) is 91.0 Å². The van der Waals surface area contributed by atoms with Crippen molar-refractivity contribution in [2.75, 3.05) is 6.61 Å². The molecule has 3 aromatic rings. The molecule has 3 rings (SSSR count). The average Bonchev–Trinajstić information content (AvgIpc) is 2.83. The highest BCUT2D eigenvalue weighted by molar-refractivity contribution is 7.84. The second-order valence-corrected chi connectivity index (χ2v) is 17.6. The van der Waals surface area contributed by atoms with Crippen LogP contribution in [0.2, 0.25) is 5.04 Å². The Hall–Kier alpha value is -2.05. The summed E-state index contributed by atoms with van der Waals surface area (Å²) in [5, 5.41) is 2.46. The van der Waals surface area contributed by atoms with Gasteiger partial charge in [0.1, 0.15) is 0 Å². The van der Waals surface area contributed by atoms with E-state index < -0.39 is 19.3 Å². The van der Waals surface area contributed by atoms with Crippen molar-refractivity contribution in [2.45, 2.75) is 64.3 Å². The molecular formula is C30H41NO2SSi. The summed E-state index contributed by atoms with van der Waals surface area (Å²) >= 11 is 0. The Labute approximate surface area is 216 Å². The molecule has 3 atom stereocenters. The quantitative estimate of drug-likeness (QED) is 0.361. The standard InChI is InChI=1S/C30H41NO2SSi/c1-24(28(25-17-11-8-12-18-25)31-34(32)29(2,3)4)23-33-35(30(5,6)7,26-19-13-9-14-20-26)27-21-15-10-16-22-27/h8-22,24,28,31H,23H2,1-7H3. The zero-order valence-corrected chi connectivity index (χ0v) is 24.1. The molecule has 0 saturated carbocycles. The van der Waals surface area contributed by atoms with Gasteiger partial charge in [-0.15, -0.1) is 0 Å². The van der Waals surface area contributed by atoms with Crippen LogP contribution >= 0.6 is 0 Å². The van der Waals surface area contributed by atoms with Crippen LogP contribution in [0.3, 0.4) is 0 Å². The third-order valence-corrected chi connectivity index (χ3v) is 13.1. The van der Waals surface area contributed by atoms with Crippen molar-refractivity contribution in [3.8, 4) is 0 Å². The minimum absolute atomic E-state index is 0.0840. The molecule has 0 amide bonds. The lowest BCUT2D eigenvalue weighted by Crippen LogP contribution is -2.67. The van der Waals surface area contributed by atoms with E-state index in [1.54, 1.807) is 0 Å². The topological polar surface area (TPSA) is 38.3 Å². The fourth-order valence-corrected chi connectivity index (χ4v) is 10.2. The first-order chi connectivity index (χ1) is 16.5. The third-order valence-electron chi connectivity index (χ3n) is 6.50. The van der Waals surface area contributed by atoms with Gasteiger partial charge in [-0.25, -0.2) is 8.93 Å². The van der Waals surface area contributed by atoms with Crippen molar-refractivity contribution in [1.29, 1.82) is 0 Å². The number of benzene rings is 3. The Bertz CT molecular complexity index is 1040. The van der Waals surface area contributed by atoms with Crippen LogP contribution < -0.4 is 15.1 Å². The molecule has 0 spiro atoms. The smallest absolute Gasteiger partial charge is 0.261 e. The maximum absolute atomic E-state index is 13.1. The molecule has 3 nitrogen and oxygen atoms in total. The van der Waals surface area contributed by atoms with E-state index in [1.165, 1.54) is 10.4 Å². The van der Waals surface area contributed by atoms with Gasteiger partial charge in [-0.2, -0.15) is 0 Å². The summed E-state index contributed by atoms with van der Waals surface area (Å²) in [6.45, 7) is 15.6. The first kappa shape index (κ1) is 27.5. The van der Waals surface area contributed by atoms with Gasteiger partial charge < -0.3 is 4.43 Å². The molecule has 3 aromatic carbocycles. The highest BCUT2D eigenvalue weighted by atomic mass is 32.2. The van der Waals surface area contributed by atoms with Crippen LogP contribution in [0.1, 0.15) is 60.1 Å². The number of nitrogens with one attached hydrogen (secondary N) is 1. The molecule has 0 aliphatic carbocycles. The Morgan fingerprint density at radius 1 is 0.771 bits per heavy atom. The molecular weight excluding hydrogens is 466 g/mol. The Morgan fingerprint density at radius 2 is 1.20 bits per heavy atom. The SMILES string of the molecule is CC(CO[Si](c1ccccc1)(c1ccccc1)C(C)(C)C)C(NS(=O)C(C)(C)C)c1ccccc1. The van der Waals surface area contributed by atoms with Crippen LogP contribution in [-0.4, -0.2) is 23.9 Å². The summed E-state index contributed by atoms with van der Waals surface area (Å²) in [6, 6.07) is 31.7. The van der Waals surface area contributed by atoms with Gasteiger partial charge in [0.05, 0.1) is 15.7 Å². The molecule has 188 valence electrons. The lowest BCUT2D eigenvalue weighted by molar-refractivity contribution is 0.220. The van der Waals surface area contributed by atoms with Crippen molar-refractivity contribution in [3.05, 3.63) is 96.6 Å². The maximum atomic E-state index is 13.1. The first-order valence-electron chi connectivity index (χ1n) is 12.4. The minimum atomic E-state index is -2.64. The molecule has 1 N–H and O–H groups in total. The maximum Gasteiger partial charge on any atom is 0.261 e. The van der Waals surface area contributed by atoms with Crippen molar-refractivity contribution < 1.29 is 8.63 Å². The molecule has 0 saturated heterocycles. The van der Waals surface area contributed by atoms with E-state index in [0.29, 0.717) is 6.61 Å². The summed E-state index contributed by atoms with van der Waals surface area (Å²) < 4.78 is 23.4. The van der Waals surface area contributed by atoms with Gasteiger partial charge in [0.25, 0.3) is 8.32 Å². The van der Waals surface area contributed by atoms with Gasteiger partial charge >= 0.3 is 0 Å². The molecule has 35 heavy (non-hydrogen) atoms. The molecule has 0 aromatic heterocycles. The molecule has 3 unspecified atom stereocenters. The third kappa shape index (κ3) is 6.39. The van der Waals surface area contributed by atoms with Crippen LogP contribution in [0.5, 0.6) is 0 Å². The van der Waals surface area contributed by atoms with Crippen LogP contribution in [-0.2, 0) is 15.4 Å². The van der Waals surface area contributed by atoms with E-state index in [1.807, 2.05) is 39.0 Å². The number of hydrogen-bond acceptors (Lipinski definition) is 2. The highest BCUT2D eigenvalue weighted by Gasteiger charge is 2.50. The molecule has 0 aliphatic rings. The summed E-state index contributed by atoms with van der Waals surface area (Å²) in [7, 11) is -3.84. The zero-order valence-electron chi connectivity index (χ0n) is 22.2. The van der Waals surface area contributed by atoms with Crippen LogP contribution in [0.25, 0.3) is 0 Å². The Morgan fingerprint density at radius 3 is 1.60 bits per heavy atom. The van der Waals surface area contributed by atoms with Gasteiger partial charge in [-0.1, -0.05) is 119 Å². The predicted octanol–water partition coefficient (Wildman–Crippen LogP) is 5.99. The molecule has 0 aliphatic heterocycles. The fourth-order valence-electron chi connectivity index (χ4n) is 4.58. The minimum Gasteiger partial charge on any atom is -0.407 e. The monoisotopic (exact) mass is 507 g/mol. The Balaban J connectivity index is 2.01. The van der Waals surface area contributed by atoms with Gasteiger partial charge in [0, 0.05) is 12.6 Å². The van der Waals surface area contributed by atoms with E-state index in [2.05, 4.69) is 105 Å². The highest BCUT2D eigenvalue weighted by Crippen LogP contribution is 2.37. The Kier molecular flexibility index (Phi) is 8.92. The molecule has 0 bridgehead atoms. The van der Waals surface area contributed by atoms with Gasteiger partial charge in [-0.3, -0.25) is 0 Å². The second kappa shape index (κ2) is 11.3. The van der Waals surface area contributed by atoms with Crippen molar-refractivity contribution in [1.82, 2.24) is 4.72 Å². The summed E-state index contributed by atoms with van der Waals surface area (Å²) in [6.07, 6.45) is 0. The molecule has 0 fully saturated rings. The van der Waals surface area contributed by atoms with Gasteiger partial charge in [0.2, 0.25) is 0 Å². The number of hydrogen-bond donors (Lipinski definition) is 1. The first-order valence-corrected chi connectivity index (χ1v) is 15.5. The van der Waals surface area contributed by atoms with E-state index in [9.17, 15) is 4.21 Å². The average molecular weight is 508 g/mol. The van der Waals surface area contributed by atoms with E-state index in [-0.39, 0.29) is 21.7 Å². The van der Waals surface area contributed by atoms with Crippen molar-refractivity contribution in [3.63, 3.8) is 0 Å². The molecule has 0 heterocycles. The van der Waals surface area contributed by atoms with Gasteiger partial charge in [0.15, 0.2) is 0 Å². The van der Waals surface area contributed by atoms with E-state index >= 15 is 0 Å². The summed E-state index contributed by atoms with van der Waals surface area (Å²) in [4.78, 5) is 0. The normalized spacial score (nSPS) is 15.4. The van der Waals surface area contributed by atoms with Crippen LogP contribution in [0.4, 0.5) is 0 Å². The van der Waals surface area contributed by atoms with E-state index in [4.69, 9.17) is 4.43 Å². The predicted molar refractivity (Wildman–Crippen MR) is 153 cm³/mol. The van der Waals surface area contributed by atoms with Crippen molar-refractivity contribution in [2.24, 2.45) is 5.92 Å². The van der Waals surface area contributed by atoms with Gasteiger partial charge in [-0.05, 0) is 47.7 Å². The van der Waals surface area contributed by atoms with E-state index in [0.717, 1.165) is 5.56 Å². The van der Waals surface area contributed by atoms with Crippen molar-refractivity contribution >= 4 is 29.7 Å². The lowest BCUT2D eigenvalue weighted by Gasteiger charge is -2.44. The zero-order chi connectivity index (χ0) is 25.7.